The molecule has 1 fully saturated rings. The summed E-state index contributed by atoms with van der Waals surface area (Å²) in [6, 6.07) is 7.23. The third-order valence-electron chi connectivity index (χ3n) is 6.84. The van der Waals surface area contributed by atoms with Crippen molar-refractivity contribution in [2.45, 2.75) is 63.9 Å². The summed E-state index contributed by atoms with van der Waals surface area (Å²) in [5.74, 6) is 0. The van der Waals surface area contributed by atoms with Crippen molar-refractivity contribution in [1.82, 2.24) is 9.19 Å². The van der Waals surface area contributed by atoms with Crippen molar-refractivity contribution < 1.29 is 17.7 Å². The van der Waals surface area contributed by atoms with Gasteiger partial charge in [0.25, 0.3) is 10.0 Å². The van der Waals surface area contributed by atoms with Gasteiger partial charge in [-0.25, -0.2) is 8.42 Å². The van der Waals surface area contributed by atoms with Gasteiger partial charge in [-0.05, 0) is 65.1 Å². The van der Waals surface area contributed by atoms with Crippen LogP contribution in [0.2, 0.25) is 0 Å². The summed E-state index contributed by atoms with van der Waals surface area (Å²) in [7, 11) is -4.53. The van der Waals surface area contributed by atoms with Gasteiger partial charge >= 0.3 is 7.12 Å². The molecule has 1 aromatic heterocycles. The first-order chi connectivity index (χ1) is 13.8. The summed E-state index contributed by atoms with van der Waals surface area (Å²) in [6.45, 7) is 11.3. The van der Waals surface area contributed by atoms with Gasteiger partial charge in [0.05, 0.1) is 22.9 Å². The topological polar surface area (TPSA) is 70.4 Å². The number of benzene rings is 1. The summed E-state index contributed by atoms with van der Waals surface area (Å²) in [6.07, 6.45) is 3.62. The lowest BCUT2D eigenvalue weighted by molar-refractivity contribution is 0.00578. The van der Waals surface area contributed by atoms with Crippen LogP contribution < -0.4 is 0 Å². The molecule has 1 aliphatic heterocycles. The molecule has 1 saturated heterocycles. The van der Waals surface area contributed by atoms with Gasteiger partial charge in [0, 0.05) is 10.4 Å². The number of hydrogen-bond acceptors (Lipinski definition) is 5. The fraction of sp³-hybridized carbons (Fsp3) is 0.476. The smallest absolute Gasteiger partial charge is 0.399 e. The maximum Gasteiger partial charge on any atom is 0.496 e. The Morgan fingerprint density at radius 2 is 1.70 bits per heavy atom. The van der Waals surface area contributed by atoms with Gasteiger partial charge in [0.15, 0.2) is 0 Å². The van der Waals surface area contributed by atoms with Crippen molar-refractivity contribution in [2.24, 2.45) is 0 Å². The molecule has 1 unspecified atom stereocenters. The lowest BCUT2D eigenvalue weighted by Crippen LogP contribution is -2.43. The lowest BCUT2D eigenvalue weighted by Gasteiger charge is -2.34. The molecule has 9 heteroatoms. The van der Waals surface area contributed by atoms with Crippen LogP contribution in [0.3, 0.4) is 0 Å². The standard InChI is InChI=1S/C21H26BClN2O4S/c1-14-18(23)16(22-28-19(2,3)20(4,5)29-22)11-12-21(14,6)30(26,27)25-17-10-8-7-9-15(17)13-24-25/h7-11,13H,12H2,1-6H3. The highest BCUT2D eigenvalue weighted by Gasteiger charge is 2.55. The summed E-state index contributed by atoms with van der Waals surface area (Å²) in [5, 5.41) is 5.30. The number of rotatable bonds is 3. The third-order valence-corrected chi connectivity index (χ3v) is 9.70. The molecule has 30 heavy (non-hydrogen) atoms. The first kappa shape index (κ1) is 21.6. The van der Waals surface area contributed by atoms with Crippen molar-refractivity contribution >= 4 is 39.6 Å². The van der Waals surface area contributed by atoms with E-state index in [-0.39, 0.29) is 6.42 Å². The van der Waals surface area contributed by atoms with Crippen LogP contribution in [0.5, 0.6) is 0 Å². The molecule has 2 aliphatic rings. The van der Waals surface area contributed by atoms with E-state index in [2.05, 4.69) is 5.10 Å². The highest BCUT2D eigenvalue weighted by Crippen LogP contribution is 2.46. The van der Waals surface area contributed by atoms with E-state index >= 15 is 0 Å². The number of allylic oxidation sites excluding steroid dienone is 3. The van der Waals surface area contributed by atoms with E-state index in [0.29, 0.717) is 21.6 Å². The monoisotopic (exact) mass is 448 g/mol. The number of aromatic nitrogens is 2. The number of fused-ring (bicyclic) bond motifs is 1. The molecule has 2 aromatic rings. The maximum atomic E-state index is 13.7. The summed E-state index contributed by atoms with van der Waals surface area (Å²) >= 11 is 6.73. The van der Waals surface area contributed by atoms with Crippen LogP contribution in [0.1, 0.15) is 48.0 Å². The molecule has 0 saturated carbocycles. The zero-order chi connectivity index (χ0) is 22.1. The Labute approximate surface area is 183 Å². The SMILES string of the molecule is CC1=C(Cl)C(B2OC(C)(C)C(C)(C)O2)=CCC1(C)S(=O)(=O)n1ncc2ccccc21. The molecule has 160 valence electrons. The average Bonchev–Trinajstić information content (AvgIpc) is 3.18. The second-order valence-corrected chi connectivity index (χ2v) is 11.7. The van der Waals surface area contributed by atoms with E-state index in [1.807, 2.05) is 45.9 Å². The van der Waals surface area contributed by atoms with Crippen molar-refractivity contribution in [3.05, 3.63) is 52.6 Å². The molecule has 1 aliphatic carbocycles. The Kier molecular flexibility index (Phi) is 4.82. The van der Waals surface area contributed by atoms with Crippen LogP contribution in [-0.4, -0.2) is 40.7 Å². The van der Waals surface area contributed by atoms with Crippen molar-refractivity contribution in [3.63, 3.8) is 0 Å². The second kappa shape index (κ2) is 6.69. The molecular weight excluding hydrogens is 423 g/mol. The largest absolute Gasteiger partial charge is 0.496 e. The van der Waals surface area contributed by atoms with Gasteiger partial charge in [-0.3, -0.25) is 0 Å². The minimum absolute atomic E-state index is 0.241. The summed E-state index contributed by atoms with van der Waals surface area (Å²) < 4.78 is 39.5. The predicted molar refractivity (Wildman–Crippen MR) is 120 cm³/mol. The summed E-state index contributed by atoms with van der Waals surface area (Å²) in [4.78, 5) is 0. The van der Waals surface area contributed by atoms with E-state index in [0.717, 1.165) is 9.47 Å². The quantitative estimate of drug-likeness (QED) is 0.649. The predicted octanol–water partition coefficient (Wildman–Crippen LogP) is 4.45. The van der Waals surface area contributed by atoms with Gasteiger partial charge in [0.1, 0.15) is 4.75 Å². The first-order valence-corrected chi connectivity index (χ1v) is 11.7. The molecule has 2 heterocycles. The second-order valence-electron chi connectivity index (χ2n) is 9.17. The highest BCUT2D eigenvalue weighted by molar-refractivity contribution is 7.91. The van der Waals surface area contributed by atoms with Crippen LogP contribution in [-0.2, 0) is 19.3 Å². The number of para-hydroxylation sites is 1. The summed E-state index contributed by atoms with van der Waals surface area (Å²) in [5.41, 5.74) is 0.750. The minimum Gasteiger partial charge on any atom is -0.399 e. The Morgan fingerprint density at radius 1 is 1.10 bits per heavy atom. The zero-order valence-corrected chi connectivity index (χ0v) is 19.6. The average molecular weight is 449 g/mol. The number of halogens is 1. The lowest BCUT2D eigenvalue weighted by atomic mass is 9.72. The van der Waals surface area contributed by atoms with Crippen LogP contribution in [0.15, 0.2) is 52.6 Å². The maximum absolute atomic E-state index is 13.7. The van der Waals surface area contributed by atoms with E-state index in [1.165, 1.54) is 0 Å². The van der Waals surface area contributed by atoms with Crippen molar-refractivity contribution in [2.75, 3.05) is 0 Å². The number of nitrogens with zero attached hydrogens (tertiary/aromatic N) is 2. The number of hydrogen-bond donors (Lipinski definition) is 0. The Morgan fingerprint density at radius 3 is 2.33 bits per heavy atom. The van der Waals surface area contributed by atoms with E-state index in [4.69, 9.17) is 20.9 Å². The molecule has 1 aromatic carbocycles. The molecule has 0 spiro atoms. The van der Waals surface area contributed by atoms with Crippen LogP contribution in [0, 0.1) is 0 Å². The van der Waals surface area contributed by atoms with Gasteiger partial charge in [0.2, 0.25) is 0 Å². The van der Waals surface area contributed by atoms with Gasteiger partial charge in [-0.1, -0.05) is 35.9 Å². The van der Waals surface area contributed by atoms with Gasteiger partial charge in [-0.2, -0.15) is 9.19 Å². The Balaban J connectivity index is 1.74. The van der Waals surface area contributed by atoms with E-state index < -0.39 is 33.1 Å². The van der Waals surface area contributed by atoms with E-state index in [9.17, 15) is 8.42 Å². The van der Waals surface area contributed by atoms with Crippen LogP contribution in [0.4, 0.5) is 0 Å². The molecule has 0 bridgehead atoms. The molecule has 0 amide bonds. The fourth-order valence-electron chi connectivity index (χ4n) is 3.79. The third kappa shape index (κ3) is 2.92. The Hall–Kier alpha value is -1.61. The molecular formula is C21H26BClN2O4S. The molecule has 0 radical (unpaired) electrons. The van der Waals surface area contributed by atoms with Crippen LogP contribution >= 0.6 is 11.6 Å². The van der Waals surface area contributed by atoms with Crippen LogP contribution in [0.25, 0.3) is 10.9 Å². The fourth-order valence-corrected chi connectivity index (χ4v) is 5.99. The molecule has 4 rings (SSSR count). The van der Waals surface area contributed by atoms with E-state index in [1.54, 1.807) is 32.2 Å². The van der Waals surface area contributed by atoms with Gasteiger partial charge in [-0.15, -0.1) is 0 Å². The molecule has 0 N–H and O–H groups in total. The first-order valence-electron chi connectivity index (χ1n) is 9.93. The van der Waals surface area contributed by atoms with Crippen molar-refractivity contribution in [3.8, 4) is 0 Å². The zero-order valence-electron chi connectivity index (χ0n) is 18.1. The normalized spacial score (nSPS) is 26.4. The Bertz CT molecular complexity index is 1180. The van der Waals surface area contributed by atoms with Gasteiger partial charge < -0.3 is 9.31 Å². The highest BCUT2D eigenvalue weighted by atomic mass is 35.5. The molecule has 6 nitrogen and oxygen atoms in total. The van der Waals surface area contributed by atoms with Crippen molar-refractivity contribution in [1.29, 1.82) is 0 Å². The molecule has 1 atom stereocenters. The minimum atomic E-state index is -3.88.